The number of carbonyl (C=O) groups excluding carboxylic acids is 1. The average Bonchev–Trinajstić information content (AvgIpc) is 3.23. The number of hydrogen-bond donors (Lipinski definition) is 0. The predicted molar refractivity (Wildman–Crippen MR) is 128 cm³/mol. The first kappa shape index (κ1) is 22.9. The Bertz CT molecular complexity index is 1150. The second-order valence-corrected chi connectivity index (χ2v) is 11.4. The van der Waals surface area contributed by atoms with E-state index in [9.17, 15) is 13.2 Å². The molecule has 2 heterocycles. The molecule has 2 fully saturated rings. The van der Waals surface area contributed by atoms with E-state index in [1.165, 1.54) is 26.0 Å². The molecule has 0 N–H and O–H groups in total. The number of ether oxygens (including phenoxy) is 2. The zero-order valence-corrected chi connectivity index (χ0v) is 20.0. The number of amides is 1. The molecule has 2 atom stereocenters. The number of anilines is 1. The number of hydrogen-bond acceptors (Lipinski definition) is 6. The molecule has 0 bridgehead atoms. The number of fused-ring (bicyclic) bond motifs is 1. The summed E-state index contributed by atoms with van der Waals surface area (Å²) in [5.41, 5.74) is 1.62. The summed E-state index contributed by atoms with van der Waals surface area (Å²) in [5, 5.41) is 0.603. The topological polar surface area (TPSA) is 85.3 Å². The Balaban J connectivity index is 1.67. The first-order chi connectivity index (χ1) is 15.3. The molecule has 32 heavy (non-hydrogen) atoms. The molecule has 0 radical (unpaired) electrons. The second-order valence-electron chi connectivity index (χ2n) is 7.60. The summed E-state index contributed by atoms with van der Waals surface area (Å²) in [6.07, 6.45) is 0.843. The summed E-state index contributed by atoms with van der Waals surface area (Å²) in [6.45, 7) is 0. The summed E-state index contributed by atoms with van der Waals surface area (Å²) in [7, 11) is -0.170. The summed E-state index contributed by atoms with van der Waals surface area (Å²) in [6, 6.07) is 12.7. The number of thioether (sulfide) groups is 1. The van der Waals surface area contributed by atoms with E-state index in [1.807, 2.05) is 30.3 Å². The summed E-state index contributed by atoms with van der Waals surface area (Å²) >= 11 is 7.69. The number of benzene rings is 2. The number of methoxy groups -OCH3 is 2. The van der Waals surface area contributed by atoms with Crippen molar-refractivity contribution in [1.29, 1.82) is 0 Å². The van der Waals surface area contributed by atoms with Gasteiger partial charge in [0.25, 0.3) is 0 Å². The number of sulfone groups is 1. The maximum Gasteiger partial charge on any atom is 0.248 e. The van der Waals surface area contributed by atoms with E-state index in [0.717, 1.165) is 5.56 Å². The molecule has 4 rings (SSSR count). The lowest BCUT2D eigenvalue weighted by atomic mass is 10.1. The fourth-order valence-electron chi connectivity index (χ4n) is 3.94. The van der Waals surface area contributed by atoms with Crippen LogP contribution in [0.25, 0.3) is 0 Å². The molecule has 0 saturated carbocycles. The van der Waals surface area contributed by atoms with E-state index >= 15 is 0 Å². The molecule has 0 aromatic heterocycles. The standard InChI is InChI=1S/C22H23ClN2O5S2/c1-29-18-11-19(30-2)16(10-15(18)23)25-17-12-32(27,28)13-20(17)31-22(25)24-21(26)9-8-14-6-4-3-5-7-14/h3-7,10-11,17,20H,8-9,12-13H2,1-2H3/t17-,20-/m0/s1. The lowest BCUT2D eigenvalue weighted by Crippen LogP contribution is -2.38. The van der Waals surface area contributed by atoms with Gasteiger partial charge in [-0.2, -0.15) is 4.99 Å². The van der Waals surface area contributed by atoms with E-state index in [1.54, 1.807) is 17.0 Å². The molecule has 2 saturated heterocycles. The van der Waals surface area contributed by atoms with Crippen LogP contribution in [0.4, 0.5) is 5.69 Å². The van der Waals surface area contributed by atoms with Gasteiger partial charge < -0.3 is 14.4 Å². The molecule has 7 nitrogen and oxygen atoms in total. The largest absolute Gasteiger partial charge is 0.495 e. The highest BCUT2D eigenvalue weighted by Gasteiger charge is 2.50. The van der Waals surface area contributed by atoms with Crippen LogP contribution < -0.4 is 14.4 Å². The van der Waals surface area contributed by atoms with Gasteiger partial charge in [-0.1, -0.05) is 53.7 Å². The van der Waals surface area contributed by atoms with Gasteiger partial charge in [0, 0.05) is 17.7 Å². The summed E-state index contributed by atoms with van der Waals surface area (Å²) < 4.78 is 35.4. The Labute approximate surface area is 196 Å². The van der Waals surface area contributed by atoms with Crippen molar-refractivity contribution < 1.29 is 22.7 Å². The van der Waals surface area contributed by atoms with Crippen molar-refractivity contribution in [3.8, 4) is 11.5 Å². The molecular formula is C22H23ClN2O5S2. The Morgan fingerprint density at radius 1 is 1.16 bits per heavy atom. The lowest BCUT2D eigenvalue weighted by molar-refractivity contribution is -0.117. The second kappa shape index (κ2) is 9.33. The van der Waals surface area contributed by atoms with Crippen molar-refractivity contribution in [2.45, 2.75) is 24.1 Å². The van der Waals surface area contributed by atoms with Gasteiger partial charge in [-0.3, -0.25) is 4.79 Å². The van der Waals surface area contributed by atoms with Crippen LogP contribution in [0, 0.1) is 0 Å². The Hall–Kier alpha value is -2.23. The van der Waals surface area contributed by atoms with Gasteiger partial charge in [-0.25, -0.2) is 8.42 Å². The first-order valence-corrected chi connectivity index (χ1v) is 13.1. The Kier molecular flexibility index (Phi) is 6.69. The monoisotopic (exact) mass is 494 g/mol. The van der Waals surface area contributed by atoms with Crippen molar-refractivity contribution >= 4 is 50.0 Å². The van der Waals surface area contributed by atoms with Gasteiger partial charge >= 0.3 is 0 Å². The third kappa shape index (κ3) is 4.74. The third-order valence-electron chi connectivity index (χ3n) is 5.47. The molecule has 170 valence electrons. The van der Waals surface area contributed by atoms with Gasteiger partial charge in [-0.05, 0) is 18.1 Å². The predicted octanol–water partition coefficient (Wildman–Crippen LogP) is 3.59. The van der Waals surface area contributed by atoms with E-state index in [4.69, 9.17) is 21.1 Å². The van der Waals surface area contributed by atoms with Crippen LogP contribution in [-0.2, 0) is 21.1 Å². The highest BCUT2D eigenvalue weighted by atomic mass is 35.5. The molecule has 0 aliphatic carbocycles. The molecule has 1 amide bonds. The number of carbonyl (C=O) groups is 1. The van der Waals surface area contributed by atoms with Crippen LogP contribution in [0.5, 0.6) is 11.5 Å². The van der Waals surface area contributed by atoms with Crippen molar-refractivity contribution in [2.75, 3.05) is 30.6 Å². The highest BCUT2D eigenvalue weighted by Crippen LogP contribution is 2.46. The van der Waals surface area contributed by atoms with Gasteiger partial charge in [0.05, 0.1) is 42.5 Å². The minimum atomic E-state index is -3.19. The van der Waals surface area contributed by atoms with E-state index in [0.29, 0.717) is 33.8 Å². The van der Waals surface area contributed by atoms with Crippen molar-refractivity contribution in [1.82, 2.24) is 0 Å². The minimum Gasteiger partial charge on any atom is -0.495 e. The van der Waals surface area contributed by atoms with Crippen molar-refractivity contribution in [3.05, 3.63) is 53.1 Å². The molecule has 0 spiro atoms. The van der Waals surface area contributed by atoms with E-state index in [2.05, 4.69) is 4.99 Å². The minimum absolute atomic E-state index is 0.0192. The highest BCUT2D eigenvalue weighted by molar-refractivity contribution is 8.16. The van der Waals surface area contributed by atoms with Crippen LogP contribution >= 0.6 is 23.4 Å². The molecule has 2 aromatic carbocycles. The van der Waals surface area contributed by atoms with Crippen molar-refractivity contribution in [2.24, 2.45) is 4.99 Å². The van der Waals surface area contributed by atoms with Crippen LogP contribution in [0.1, 0.15) is 12.0 Å². The van der Waals surface area contributed by atoms with Gasteiger partial charge in [-0.15, -0.1) is 0 Å². The summed E-state index contributed by atoms with van der Waals surface area (Å²) in [5.74, 6) is 0.660. The van der Waals surface area contributed by atoms with Gasteiger partial charge in [0.2, 0.25) is 5.91 Å². The Morgan fingerprint density at radius 2 is 1.88 bits per heavy atom. The number of aliphatic imine (C=N–C) groups is 1. The number of aryl methyl sites for hydroxylation is 1. The SMILES string of the molecule is COc1cc(OC)c(N2C(=NC(=O)CCc3ccccc3)S[C@H]3CS(=O)(=O)C[C@@H]32)cc1Cl. The maximum absolute atomic E-state index is 12.7. The zero-order valence-electron chi connectivity index (χ0n) is 17.7. The fourth-order valence-corrected chi connectivity index (χ4v) is 8.10. The summed E-state index contributed by atoms with van der Waals surface area (Å²) in [4.78, 5) is 18.8. The normalized spacial score (nSPS) is 22.7. The molecule has 10 heteroatoms. The van der Waals surface area contributed by atoms with Crippen LogP contribution in [0.15, 0.2) is 47.5 Å². The first-order valence-electron chi connectivity index (χ1n) is 10.0. The smallest absolute Gasteiger partial charge is 0.248 e. The number of nitrogens with zero attached hydrogens (tertiary/aromatic N) is 2. The number of halogens is 1. The zero-order chi connectivity index (χ0) is 22.9. The number of amidine groups is 1. The van der Waals surface area contributed by atoms with E-state index < -0.39 is 9.84 Å². The third-order valence-corrected chi connectivity index (χ3v) is 8.98. The van der Waals surface area contributed by atoms with Gasteiger partial charge in [0.15, 0.2) is 15.0 Å². The fraction of sp³-hybridized carbons (Fsp3) is 0.364. The van der Waals surface area contributed by atoms with Crippen LogP contribution in [-0.4, -0.2) is 56.5 Å². The van der Waals surface area contributed by atoms with Crippen LogP contribution in [0.3, 0.4) is 0 Å². The van der Waals surface area contributed by atoms with E-state index in [-0.39, 0.29) is 35.1 Å². The average molecular weight is 495 g/mol. The molecular weight excluding hydrogens is 472 g/mol. The quantitative estimate of drug-likeness (QED) is 0.606. The van der Waals surface area contributed by atoms with Crippen molar-refractivity contribution in [3.63, 3.8) is 0 Å². The number of rotatable bonds is 6. The molecule has 2 aliphatic heterocycles. The molecule has 2 aromatic rings. The molecule has 0 unspecified atom stereocenters. The van der Waals surface area contributed by atoms with Gasteiger partial charge in [0.1, 0.15) is 11.5 Å². The lowest BCUT2D eigenvalue weighted by Gasteiger charge is -2.26. The maximum atomic E-state index is 12.7. The molecule has 2 aliphatic rings. The van der Waals surface area contributed by atoms with Crippen LogP contribution in [0.2, 0.25) is 5.02 Å². The Morgan fingerprint density at radius 3 is 2.56 bits per heavy atom.